The zero-order valence-corrected chi connectivity index (χ0v) is 15.4. The van der Waals surface area contributed by atoms with E-state index in [0.717, 1.165) is 33.3 Å². The van der Waals surface area contributed by atoms with Crippen LogP contribution < -0.4 is 4.57 Å². The number of aromatic nitrogens is 2. The van der Waals surface area contributed by atoms with Gasteiger partial charge in [-0.15, -0.1) is 0 Å². The number of hydrogen-bond donors (Lipinski definition) is 0. The highest BCUT2D eigenvalue weighted by atomic mass is 16.3. The highest BCUT2D eigenvalue weighted by Gasteiger charge is 2.21. The summed E-state index contributed by atoms with van der Waals surface area (Å²) in [6, 6.07) is 12.9. The first-order valence-electron chi connectivity index (χ1n) is 8.75. The van der Waals surface area contributed by atoms with E-state index in [-0.39, 0.29) is 0 Å². The van der Waals surface area contributed by atoms with E-state index in [2.05, 4.69) is 73.9 Å². The van der Waals surface area contributed by atoms with Crippen molar-refractivity contribution in [2.24, 2.45) is 7.05 Å². The molecule has 0 N–H and O–H groups in total. The smallest absolute Gasteiger partial charge is 0.227 e. The second-order valence-electron chi connectivity index (χ2n) is 7.15. The van der Waals surface area contributed by atoms with Crippen LogP contribution in [0.1, 0.15) is 36.6 Å². The maximum absolute atomic E-state index is 6.21. The fraction of sp³-hybridized carbons (Fsp3) is 0.273. The van der Waals surface area contributed by atoms with Gasteiger partial charge in [-0.05, 0) is 43.5 Å². The predicted molar refractivity (Wildman–Crippen MR) is 102 cm³/mol. The van der Waals surface area contributed by atoms with Gasteiger partial charge in [-0.2, -0.15) is 0 Å². The Morgan fingerprint density at radius 2 is 1.72 bits per heavy atom. The van der Waals surface area contributed by atoms with E-state index in [0.29, 0.717) is 11.6 Å². The minimum atomic E-state index is 0.510. The van der Waals surface area contributed by atoms with Crippen LogP contribution in [0.2, 0.25) is 0 Å². The summed E-state index contributed by atoms with van der Waals surface area (Å²) in [7, 11) is 2.10. The Labute approximate surface area is 147 Å². The van der Waals surface area contributed by atoms with Crippen molar-refractivity contribution in [3.8, 4) is 11.3 Å². The Bertz CT molecular complexity index is 1110. The van der Waals surface area contributed by atoms with Gasteiger partial charge in [-0.3, -0.25) is 0 Å². The molecule has 0 spiro atoms. The summed E-state index contributed by atoms with van der Waals surface area (Å²) in [4.78, 5) is 4.56. The molecule has 3 heterocycles. The van der Waals surface area contributed by atoms with E-state index in [1.54, 1.807) is 0 Å². The van der Waals surface area contributed by atoms with E-state index in [9.17, 15) is 0 Å². The van der Waals surface area contributed by atoms with Crippen molar-refractivity contribution in [1.82, 2.24) is 4.98 Å². The van der Waals surface area contributed by atoms with Gasteiger partial charge in [0, 0.05) is 28.1 Å². The minimum Gasteiger partial charge on any atom is -0.437 e. The van der Waals surface area contributed by atoms with Gasteiger partial charge < -0.3 is 4.42 Å². The second-order valence-corrected chi connectivity index (χ2v) is 7.15. The van der Waals surface area contributed by atoms with Gasteiger partial charge in [0.05, 0.1) is 5.56 Å². The van der Waals surface area contributed by atoms with E-state index in [4.69, 9.17) is 4.42 Å². The first-order chi connectivity index (χ1) is 12.0. The van der Waals surface area contributed by atoms with Gasteiger partial charge >= 0.3 is 0 Å². The topological polar surface area (TPSA) is 29.9 Å². The first-order valence-corrected chi connectivity index (χ1v) is 8.75. The third kappa shape index (κ3) is 2.51. The molecule has 0 saturated heterocycles. The van der Waals surface area contributed by atoms with Gasteiger partial charge in [0.15, 0.2) is 11.8 Å². The van der Waals surface area contributed by atoms with Crippen LogP contribution in [0.25, 0.3) is 33.3 Å². The highest BCUT2D eigenvalue weighted by molar-refractivity contribution is 6.08. The van der Waals surface area contributed by atoms with Crippen LogP contribution in [0.15, 0.2) is 47.0 Å². The normalized spacial score (nSPS) is 11.8. The molecule has 0 aliphatic rings. The van der Waals surface area contributed by atoms with Crippen molar-refractivity contribution in [2.75, 3.05) is 0 Å². The van der Waals surface area contributed by atoms with Crippen LogP contribution in [0.3, 0.4) is 0 Å². The number of nitrogens with zero attached hydrogens (tertiary/aromatic N) is 2. The van der Waals surface area contributed by atoms with E-state index in [1.165, 1.54) is 11.1 Å². The lowest BCUT2D eigenvalue weighted by atomic mass is 9.99. The molecular weight excluding hydrogens is 308 g/mol. The maximum Gasteiger partial charge on any atom is 0.227 e. The molecule has 3 nitrogen and oxygen atoms in total. The average Bonchev–Trinajstić information content (AvgIpc) is 2.92. The molecule has 0 aliphatic heterocycles. The molecule has 0 amide bonds. The average molecular weight is 331 g/mol. The molecule has 0 aliphatic carbocycles. The van der Waals surface area contributed by atoms with Crippen LogP contribution >= 0.6 is 0 Å². The van der Waals surface area contributed by atoms with E-state index in [1.807, 2.05) is 13.0 Å². The molecule has 3 aromatic heterocycles. The highest BCUT2D eigenvalue weighted by Crippen LogP contribution is 2.36. The van der Waals surface area contributed by atoms with Gasteiger partial charge in [-0.1, -0.05) is 26.0 Å². The minimum absolute atomic E-state index is 0.510. The standard InChI is InChI=1S/C22H23N2O/c1-13(2)16-8-11-19(24(5)12-16)20-14(3)6-9-17-18-10-7-15(4)23-22(18)25-21(17)20/h6-13H,1-5H3/q+1. The van der Waals surface area contributed by atoms with E-state index < -0.39 is 0 Å². The van der Waals surface area contributed by atoms with Crippen molar-refractivity contribution in [3.05, 3.63) is 59.4 Å². The number of fused-ring (bicyclic) bond motifs is 3. The Morgan fingerprint density at radius 1 is 0.960 bits per heavy atom. The summed E-state index contributed by atoms with van der Waals surface area (Å²) in [6.07, 6.45) is 2.21. The van der Waals surface area contributed by atoms with Crippen LogP contribution in [-0.2, 0) is 7.05 Å². The molecule has 0 bridgehead atoms. The number of aryl methyl sites for hydroxylation is 3. The van der Waals surface area contributed by atoms with Crippen molar-refractivity contribution >= 4 is 22.1 Å². The number of hydrogen-bond acceptors (Lipinski definition) is 2. The SMILES string of the molecule is Cc1ccc2c(n1)oc1c(-c3ccc(C(C)C)c[n+]3C)c(C)ccc12. The Hall–Kier alpha value is -2.68. The summed E-state index contributed by atoms with van der Waals surface area (Å²) < 4.78 is 8.41. The number of pyridine rings is 2. The van der Waals surface area contributed by atoms with Crippen LogP contribution in [0.5, 0.6) is 0 Å². The van der Waals surface area contributed by atoms with Crippen LogP contribution in [0.4, 0.5) is 0 Å². The molecule has 0 atom stereocenters. The second kappa shape index (κ2) is 5.69. The zero-order valence-electron chi connectivity index (χ0n) is 15.4. The third-order valence-corrected chi connectivity index (χ3v) is 4.93. The van der Waals surface area contributed by atoms with Gasteiger partial charge in [0.25, 0.3) is 0 Å². The first kappa shape index (κ1) is 15.8. The number of benzene rings is 1. The van der Waals surface area contributed by atoms with Crippen molar-refractivity contribution in [3.63, 3.8) is 0 Å². The molecule has 0 unspecified atom stereocenters. The molecule has 1 aromatic carbocycles. The number of furan rings is 1. The largest absolute Gasteiger partial charge is 0.437 e. The maximum atomic E-state index is 6.21. The van der Waals surface area contributed by atoms with Gasteiger partial charge in [0.1, 0.15) is 7.05 Å². The monoisotopic (exact) mass is 331 g/mol. The summed E-state index contributed by atoms with van der Waals surface area (Å²) in [6.45, 7) is 8.56. The van der Waals surface area contributed by atoms with Crippen molar-refractivity contribution in [2.45, 2.75) is 33.6 Å². The molecule has 126 valence electrons. The molecule has 25 heavy (non-hydrogen) atoms. The van der Waals surface area contributed by atoms with Crippen LogP contribution in [-0.4, -0.2) is 4.98 Å². The van der Waals surface area contributed by atoms with Gasteiger partial charge in [0.2, 0.25) is 11.4 Å². The predicted octanol–water partition coefficient (Wildman–Crippen LogP) is 5.21. The quantitative estimate of drug-likeness (QED) is 0.472. The zero-order chi connectivity index (χ0) is 17.7. The lowest BCUT2D eigenvalue weighted by Gasteiger charge is -2.08. The number of rotatable bonds is 2. The summed E-state index contributed by atoms with van der Waals surface area (Å²) in [5, 5.41) is 2.19. The molecule has 0 radical (unpaired) electrons. The third-order valence-electron chi connectivity index (χ3n) is 4.93. The molecule has 4 aromatic rings. The molecule has 0 fully saturated rings. The Kier molecular flexibility index (Phi) is 3.60. The molecule has 0 saturated carbocycles. The summed E-state index contributed by atoms with van der Waals surface area (Å²) >= 11 is 0. The fourth-order valence-electron chi connectivity index (χ4n) is 3.46. The van der Waals surface area contributed by atoms with Crippen molar-refractivity contribution < 1.29 is 8.98 Å². The van der Waals surface area contributed by atoms with Crippen LogP contribution in [0, 0.1) is 13.8 Å². The summed E-state index contributed by atoms with van der Waals surface area (Å²) in [5.74, 6) is 0.510. The Morgan fingerprint density at radius 3 is 2.44 bits per heavy atom. The van der Waals surface area contributed by atoms with Gasteiger partial charge in [-0.25, -0.2) is 9.55 Å². The lowest BCUT2D eigenvalue weighted by molar-refractivity contribution is -0.660. The molecule has 3 heteroatoms. The fourth-order valence-corrected chi connectivity index (χ4v) is 3.46. The molecule has 4 rings (SSSR count). The summed E-state index contributed by atoms with van der Waals surface area (Å²) in [5.41, 5.74) is 7.43. The van der Waals surface area contributed by atoms with Crippen molar-refractivity contribution in [1.29, 1.82) is 0 Å². The molecular formula is C22H23N2O+. The lowest BCUT2D eigenvalue weighted by Crippen LogP contribution is -2.31. The van der Waals surface area contributed by atoms with E-state index >= 15 is 0 Å². The Balaban J connectivity index is 2.04.